The van der Waals surface area contributed by atoms with Crippen molar-refractivity contribution < 1.29 is 13.9 Å². The van der Waals surface area contributed by atoms with Crippen LogP contribution in [0.5, 0.6) is 11.5 Å². The molecule has 0 aliphatic carbocycles. The Morgan fingerprint density at radius 1 is 1.09 bits per heavy atom. The van der Waals surface area contributed by atoms with E-state index in [0.717, 1.165) is 11.1 Å². The molecule has 4 aromatic heterocycles. The number of aromatic nitrogens is 5. The van der Waals surface area contributed by atoms with Crippen LogP contribution in [0.15, 0.2) is 70.5 Å². The Labute approximate surface area is 188 Å². The van der Waals surface area contributed by atoms with Gasteiger partial charge in [-0.25, -0.2) is 19.7 Å². The smallest absolute Gasteiger partial charge is 0.330 e. The van der Waals surface area contributed by atoms with Gasteiger partial charge in [0.05, 0.1) is 38.2 Å². The standard InChI is InChI=1S/C24H21N5O4/c1-28-19-12-17(18-8-9-25-14-26-18)22(20-5-4-10-33-20)27-23(19)29(24(28)30)13-15-6-7-16(31-2)11-21(15)32-3/h4-12,14H,13H2,1-3H3. The highest BCUT2D eigenvalue weighted by Crippen LogP contribution is 2.33. The second kappa shape index (κ2) is 8.27. The lowest BCUT2D eigenvalue weighted by molar-refractivity contribution is 0.390. The van der Waals surface area contributed by atoms with E-state index in [1.165, 1.54) is 6.33 Å². The predicted molar refractivity (Wildman–Crippen MR) is 122 cm³/mol. The molecular weight excluding hydrogens is 422 g/mol. The molecule has 0 atom stereocenters. The zero-order chi connectivity index (χ0) is 22.9. The largest absolute Gasteiger partial charge is 0.497 e. The van der Waals surface area contributed by atoms with E-state index >= 15 is 0 Å². The molecule has 0 saturated carbocycles. The molecule has 0 fully saturated rings. The maximum absolute atomic E-state index is 13.2. The normalized spacial score (nSPS) is 11.1. The molecule has 9 heteroatoms. The molecule has 4 heterocycles. The highest BCUT2D eigenvalue weighted by atomic mass is 16.5. The van der Waals surface area contributed by atoms with Crippen LogP contribution in [0.1, 0.15) is 5.56 Å². The monoisotopic (exact) mass is 443 g/mol. The number of fused-ring (bicyclic) bond motifs is 1. The number of nitrogens with zero attached hydrogens (tertiary/aromatic N) is 5. The minimum Gasteiger partial charge on any atom is -0.497 e. The van der Waals surface area contributed by atoms with Crippen molar-refractivity contribution >= 4 is 11.2 Å². The minimum absolute atomic E-state index is 0.194. The second-order valence-corrected chi connectivity index (χ2v) is 7.40. The first-order valence-electron chi connectivity index (χ1n) is 10.2. The maximum atomic E-state index is 13.2. The maximum Gasteiger partial charge on any atom is 0.330 e. The van der Waals surface area contributed by atoms with Crippen molar-refractivity contribution in [3.63, 3.8) is 0 Å². The first kappa shape index (κ1) is 20.5. The predicted octanol–water partition coefficient (Wildman–Crippen LogP) is 3.52. The van der Waals surface area contributed by atoms with Crippen molar-refractivity contribution in [2.75, 3.05) is 14.2 Å². The number of methoxy groups -OCH3 is 2. The fourth-order valence-corrected chi connectivity index (χ4v) is 3.85. The molecule has 0 radical (unpaired) electrons. The number of rotatable bonds is 6. The summed E-state index contributed by atoms with van der Waals surface area (Å²) in [5.74, 6) is 1.88. The van der Waals surface area contributed by atoms with Gasteiger partial charge in [-0.1, -0.05) is 0 Å². The Hall–Kier alpha value is -4.40. The van der Waals surface area contributed by atoms with E-state index in [0.29, 0.717) is 39.8 Å². The van der Waals surface area contributed by atoms with Crippen molar-refractivity contribution in [2.45, 2.75) is 6.54 Å². The Kier molecular flexibility index (Phi) is 5.14. The fraction of sp³-hybridized carbons (Fsp3) is 0.167. The van der Waals surface area contributed by atoms with Gasteiger partial charge < -0.3 is 13.9 Å². The number of ether oxygens (including phenoxy) is 2. The Balaban J connectivity index is 1.73. The van der Waals surface area contributed by atoms with Gasteiger partial charge in [-0.3, -0.25) is 9.13 Å². The Bertz CT molecular complexity index is 1490. The number of furan rings is 1. The van der Waals surface area contributed by atoms with E-state index in [1.807, 2.05) is 24.3 Å². The van der Waals surface area contributed by atoms with Crippen LogP contribution in [-0.4, -0.2) is 38.3 Å². The first-order chi connectivity index (χ1) is 16.1. The molecule has 166 valence electrons. The van der Waals surface area contributed by atoms with Crippen LogP contribution in [0, 0.1) is 0 Å². The summed E-state index contributed by atoms with van der Waals surface area (Å²) in [5.41, 5.74) is 3.86. The van der Waals surface area contributed by atoms with Crippen LogP contribution in [0.2, 0.25) is 0 Å². The second-order valence-electron chi connectivity index (χ2n) is 7.40. The zero-order valence-corrected chi connectivity index (χ0v) is 18.3. The molecule has 0 N–H and O–H groups in total. The van der Waals surface area contributed by atoms with Crippen molar-refractivity contribution in [3.8, 4) is 34.2 Å². The average molecular weight is 443 g/mol. The molecule has 0 spiro atoms. The molecule has 0 bridgehead atoms. The zero-order valence-electron chi connectivity index (χ0n) is 18.3. The molecule has 5 rings (SSSR count). The third kappa shape index (κ3) is 3.53. The number of hydrogen-bond acceptors (Lipinski definition) is 7. The number of imidazole rings is 1. The van der Waals surface area contributed by atoms with E-state index in [1.54, 1.807) is 61.1 Å². The lowest BCUT2D eigenvalue weighted by Gasteiger charge is -2.12. The molecule has 0 aliphatic heterocycles. The van der Waals surface area contributed by atoms with Gasteiger partial charge in [0.1, 0.15) is 23.5 Å². The molecule has 0 unspecified atom stereocenters. The number of pyridine rings is 1. The van der Waals surface area contributed by atoms with E-state index in [-0.39, 0.29) is 12.2 Å². The first-order valence-corrected chi connectivity index (χ1v) is 10.2. The lowest BCUT2D eigenvalue weighted by Crippen LogP contribution is -2.23. The van der Waals surface area contributed by atoms with E-state index in [9.17, 15) is 4.79 Å². The number of benzene rings is 1. The average Bonchev–Trinajstić information content (AvgIpc) is 3.48. The quantitative estimate of drug-likeness (QED) is 0.396. The van der Waals surface area contributed by atoms with Gasteiger partial charge in [-0.05, 0) is 36.4 Å². The minimum atomic E-state index is -0.194. The van der Waals surface area contributed by atoms with Crippen molar-refractivity contribution in [3.05, 3.63) is 77.3 Å². The van der Waals surface area contributed by atoms with Crippen molar-refractivity contribution in [2.24, 2.45) is 7.05 Å². The summed E-state index contributed by atoms with van der Waals surface area (Å²) in [7, 11) is 4.91. The van der Waals surface area contributed by atoms with Gasteiger partial charge in [0.15, 0.2) is 11.4 Å². The third-order valence-corrected chi connectivity index (χ3v) is 5.55. The summed E-state index contributed by atoms with van der Waals surface area (Å²) in [6.07, 6.45) is 4.73. The Morgan fingerprint density at radius 3 is 2.67 bits per heavy atom. The summed E-state index contributed by atoms with van der Waals surface area (Å²) in [5, 5.41) is 0. The lowest BCUT2D eigenvalue weighted by atomic mass is 10.1. The molecule has 0 aliphatic rings. The van der Waals surface area contributed by atoms with Crippen LogP contribution in [0.3, 0.4) is 0 Å². The van der Waals surface area contributed by atoms with Crippen LogP contribution >= 0.6 is 0 Å². The van der Waals surface area contributed by atoms with E-state index < -0.39 is 0 Å². The molecule has 0 amide bonds. The summed E-state index contributed by atoms with van der Waals surface area (Å²) in [4.78, 5) is 26.5. The van der Waals surface area contributed by atoms with Crippen molar-refractivity contribution in [1.29, 1.82) is 0 Å². The van der Waals surface area contributed by atoms with Gasteiger partial charge in [0.2, 0.25) is 0 Å². The van der Waals surface area contributed by atoms with E-state index in [2.05, 4.69) is 9.97 Å². The van der Waals surface area contributed by atoms with Gasteiger partial charge >= 0.3 is 5.69 Å². The third-order valence-electron chi connectivity index (χ3n) is 5.55. The number of aryl methyl sites for hydroxylation is 1. The van der Waals surface area contributed by atoms with Gasteiger partial charge in [0, 0.05) is 30.4 Å². The van der Waals surface area contributed by atoms with Crippen molar-refractivity contribution in [1.82, 2.24) is 24.1 Å². The molecule has 1 aromatic carbocycles. The number of hydrogen-bond donors (Lipinski definition) is 0. The summed E-state index contributed by atoms with van der Waals surface area (Å²) < 4.78 is 19.7. The van der Waals surface area contributed by atoms with Crippen LogP contribution < -0.4 is 15.2 Å². The van der Waals surface area contributed by atoms with Gasteiger partial charge in [-0.2, -0.15) is 0 Å². The van der Waals surface area contributed by atoms with E-state index in [4.69, 9.17) is 18.9 Å². The van der Waals surface area contributed by atoms with Gasteiger partial charge in [-0.15, -0.1) is 0 Å². The molecule has 0 saturated heterocycles. The van der Waals surface area contributed by atoms with Crippen LogP contribution in [0.25, 0.3) is 33.9 Å². The van der Waals surface area contributed by atoms with Crippen LogP contribution in [0.4, 0.5) is 0 Å². The summed E-state index contributed by atoms with van der Waals surface area (Å²) in [6, 6.07) is 12.8. The topological polar surface area (TPSA) is 97.2 Å². The van der Waals surface area contributed by atoms with Gasteiger partial charge in [0.25, 0.3) is 0 Å². The SMILES string of the molecule is COc1ccc(Cn2c(=O)n(C)c3cc(-c4ccncn4)c(-c4ccco4)nc32)c(OC)c1. The molecule has 33 heavy (non-hydrogen) atoms. The highest BCUT2D eigenvalue weighted by molar-refractivity contribution is 5.86. The highest BCUT2D eigenvalue weighted by Gasteiger charge is 2.21. The van der Waals surface area contributed by atoms with Crippen LogP contribution in [-0.2, 0) is 13.6 Å². The fourth-order valence-electron chi connectivity index (χ4n) is 3.85. The molecule has 9 nitrogen and oxygen atoms in total. The summed E-state index contributed by atoms with van der Waals surface area (Å²) in [6.45, 7) is 0.279. The Morgan fingerprint density at radius 2 is 1.97 bits per heavy atom. The summed E-state index contributed by atoms with van der Waals surface area (Å²) >= 11 is 0. The molecule has 5 aromatic rings. The molecular formula is C24H21N5O4.